The van der Waals surface area contributed by atoms with E-state index in [1.165, 1.54) is 0 Å². The second-order valence-corrected chi connectivity index (χ2v) is 4.74. The van der Waals surface area contributed by atoms with E-state index in [2.05, 4.69) is 15.8 Å². The highest BCUT2D eigenvalue weighted by Crippen LogP contribution is 2.12. The van der Waals surface area contributed by atoms with Crippen molar-refractivity contribution in [2.24, 2.45) is 5.10 Å². The van der Waals surface area contributed by atoms with Crippen molar-refractivity contribution in [3.63, 3.8) is 0 Å². The average Bonchev–Trinajstić information content (AvgIpc) is 2.54. The number of para-hydroxylation sites is 1. The molecular formula is C17H19N3O2. The molecule has 0 saturated carbocycles. The lowest BCUT2D eigenvalue weighted by Crippen LogP contribution is -2.26. The highest BCUT2D eigenvalue weighted by molar-refractivity contribution is 5.84. The Balaban J connectivity index is 1.82. The Morgan fingerprint density at radius 2 is 2.05 bits per heavy atom. The van der Waals surface area contributed by atoms with Gasteiger partial charge in [0.25, 0.3) is 5.91 Å². The zero-order valence-corrected chi connectivity index (χ0v) is 12.7. The number of ether oxygens (including phenoxy) is 1. The van der Waals surface area contributed by atoms with Crippen LogP contribution >= 0.6 is 0 Å². The van der Waals surface area contributed by atoms with Crippen molar-refractivity contribution in [2.45, 2.75) is 6.92 Å². The van der Waals surface area contributed by atoms with Gasteiger partial charge in [-0.15, -0.1) is 0 Å². The number of rotatable bonds is 6. The van der Waals surface area contributed by atoms with Crippen LogP contribution in [-0.4, -0.2) is 25.8 Å². The first-order valence-corrected chi connectivity index (χ1v) is 6.94. The molecule has 0 aliphatic rings. The number of aryl methyl sites for hydroxylation is 1. The third kappa shape index (κ3) is 4.63. The van der Waals surface area contributed by atoms with E-state index >= 15 is 0 Å². The molecule has 2 aromatic carbocycles. The van der Waals surface area contributed by atoms with Crippen molar-refractivity contribution in [1.29, 1.82) is 0 Å². The Hall–Kier alpha value is -2.82. The molecule has 114 valence electrons. The lowest BCUT2D eigenvalue weighted by atomic mass is 10.2. The standard InChI is InChI=1S/C17H19N3O2/c1-13-6-3-4-9-16(13)18-12-17(21)20-19-11-14-7-5-8-15(10-14)22-2/h3-11,18H,12H2,1-2H3,(H,20,21). The van der Waals surface area contributed by atoms with Crippen molar-refractivity contribution >= 4 is 17.8 Å². The second-order valence-electron chi connectivity index (χ2n) is 4.74. The fourth-order valence-corrected chi connectivity index (χ4v) is 1.89. The van der Waals surface area contributed by atoms with Crippen LogP contribution in [0.3, 0.4) is 0 Å². The minimum absolute atomic E-state index is 0.167. The first kappa shape index (κ1) is 15.6. The summed E-state index contributed by atoms with van der Waals surface area (Å²) in [4.78, 5) is 11.7. The maximum Gasteiger partial charge on any atom is 0.259 e. The van der Waals surface area contributed by atoms with E-state index < -0.39 is 0 Å². The van der Waals surface area contributed by atoms with Gasteiger partial charge in [-0.25, -0.2) is 5.43 Å². The van der Waals surface area contributed by atoms with Gasteiger partial charge in [-0.3, -0.25) is 4.79 Å². The van der Waals surface area contributed by atoms with Crippen LogP contribution in [0.4, 0.5) is 5.69 Å². The molecule has 0 unspecified atom stereocenters. The number of carbonyl (C=O) groups excluding carboxylic acids is 1. The summed E-state index contributed by atoms with van der Waals surface area (Å²) in [5.74, 6) is 0.541. The van der Waals surface area contributed by atoms with E-state index in [1.807, 2.05) is 55.5 Å². The molecule has 5 nitrogen and oxygen atoms in total. The summed E-state index contributed by atoms with van der Waals surface area (Å²) in [7, 11) is 1.61. The molecule has 5 heteroatoms. The number of amides is 1. The molecule has 1 amide bonds. The molecule has 2 aromatic rings. The molecule has 0 saturated heterocycles. The van der Waals surface area contributed by atoms with Gasteiger partial charge in [0, 0.05) is 5.69 Å². The lowest BCUT2D eigenvalue weighted by molar-refractivity contribution is -0.119. The van der Waals surface area contributed by atoms with E-state index in [0.29, 0.717) is 0 Å². The summed E-state index contributed by atoms with van der Waals surface area (Å²) in [6.07, 6.45) is 1.58. The average molecular weight is 297 g/mol. The van der Waals surface area contributed by atoms with E-state index in [1.54, 1.807) is 13.3 Å². The SMILES string of the molecule is COc1cccc(C=NNC(=O)CNc2ccccc2C)c1. The van der Waals surface area contributed by atoms with Gasteiger partial charge in [0.2, 0.25) is 0 Å². The lowest BCUT2D eigenvalue weighted by Gasteiger charge is -2.07. The first-order valence-electron chi connectivity index (χ1n) is 6.94. The van der Waals surface area contributed by atoms with Crippen LogP contribution < -0.4 is 15.5 Å². The van der Waals surface area contributed by atoms with E-state index in [4.69, 9.17) is 4.74 Å². The third-order valence-corrected chi connectivity index (χ3v) is 3.08. The van der Waals surface area contributed by atoms with Crippen LogP contribution in [0.5, 0.6) is 5.75 Å². The quantitative estimate of drug-likeness (QED) is 0.636. The summed E-state index contributed by atoms with van der Waals surface area (Å²) >= 11 is 0. The molecule has 2 rings (SSSR count). The van der Waals surface area contributed by atoms with Gasteiger partial charge >= 0.3 is 0 Å². The molecule has 0 aliphatic carbocycles. The smallest absolute Gasteiger partial charge is 0.259 e. The fourth-order valence-electron chi connectivity index (χ4n) is 1.89. The van der Waals surface area contributed by atoms with E-state index in [9.17, 15) is 4.79 Å². The molecule has 0 spiro atoms. The highest BCUT2D eigenvalue weighted by atomic mass is 16.5. The van der Waals surface area contributed by atoms with Crippen molar-refractivity contribution < 1.29 is 9.53 Å². The number of nitrogens with one attached hydrogen (secondary N) is 2. The van der Waals surface area contributed by atoms with Crippen molar-refractivity contribution in [3.8, 4) is 5.75 Å². The summed E-state index contributed by atoms with van der Waals surface area (Å²) in [6.45, 7) is 2.15. The zero-order valence-electron chi connectivity index (χ0n) is 12.7. The Bertz CT molecular complexity index is 668. The Kier molecular flexibility index (Phi) is 5.54. The highest BCUT2D eigenvalue weighted by Gasteiger charge is 2.01. The normalized spacial score (nSPS) is 10.5. The molecule has 2 N–H and O–H groups in total. The number of hydrogen-bond acceptors (Lipinski definition) is 4. The van der Waals surface area contributed by atoms with E-state index in [0.717, 1.165) is 22.6 Å². The van der Waals surface area contributed by atoms with Gasteiger partial charge < -0.3 is 10.1 Å². The molecule has 0 radical (unpaired) electrons. The topological polar surface area (TPSA) is 62.7 Å². The number of methoxy groups -OCH3 is 1. The second kappa shape index (κ2) is 7.83. The molecule has 0 atom stereocenters. The monoisotopic (exact) mass is 297 g/mol. The summed E-state index contributed by atoms with van der Waals surface area (Å²) < 4.78 is 5.12. The molecule has 0 fully saturated rings. The summed E-state index contributed by atoms with van der Waals surface area (Å²) in [5.41, 5.74) is 5.37. The predicted molar refractivity (Wildman–Crippen MR) is 88.4 cm³/mol. The molecule has 22 heavy (non-hydrogen) atoms. The number of carbonyl (C=O) groups is 1. The Morgan fingerprint density at radius 1 is 1.23 bits per heavy atom. The molecule has 0 aliphatic heterocycles. The number of hydrogen-bond donors (Lipinski definition) is 2. The fraction of sp³-hybridized carbons (Fsp3) is 0.176. The third-order valence-electron chi connectivity index (χ3n) is 3.08. The van der Waals surface area contributed by atoms with Gasteiger partial charge in [0.15, 0.2) is 0 Å². The molecular weight excluding hydrogens is 278 g/mol. The maximum absolute atomic E-state index is 11.7. The number of hydrazone groups is 1. The van der Waals surface area contributed by atoms with Crippen molar-refractivity contribution in [1.82, 2.24) is 5.43 Å². The van der Waals surface area contributed by atoms with Gasteiger partial charge in [-0.1, -0.05) is 30.3 Å². The zero-order chi connectivity index (χ0) is 15.8. The summed E-state index contributed by atoms with van der Waals surface area (Å²) in [6, 6.07) is 15.2. The van der Waals surface area contributed by atoms with Crippen LogP contribution in [0.1, 0.15) is 11.1 Å². The number of anilines is 1. The van der Waals surface area contributed by atoms with Crippen LogP contribution in [0.15, 0.2) is 53.6 Å². The number of nitrogens with zero attached hydrogens (tertiary/aromatic N) is 1. The molecule has 0 bridgehead atoms. The first-order chi connectivity index (χ1) is 10.7. The largest absolute Gasteiger partial charge is 0.497 e. The maximum atomic E-state index is 11.7. The van der Waals surface area contributed by atoms with Crippen LogP contribution in [0.25, 0.3) is 0 Å². The van der Waals surface area contributed by atoms with Crippen LogP contribution in [-0.2, 0) is 4.79 Å². The minimum Gasteiger partial charge on any atom is -0.497 e. The van der Waals surface area contributed by atoms with E-state index in [-0.39, 0.29) is 12.5 Å². The van der Waals surface area contributed by atoms with Gasteiger partial charge in [0.1, 0.15) is 5.75 Å². The van der Waals surface area contributed by atoms with Gasteiger partial charge in [0.05, 0.1) is 19.9 Å². The number of benzene rings is 2. The van der Waals surface area contributed by atoms with Crippen molar-refractivity contribution in [2.75, 3.05) is 19.0 Å². The van der Waals surface area contributed by atoms with Crippen LogP contribution in [0, 0.1) is 6.92 Å². The Labute approximate surface area is 130 Å². The Morgan fingerprint density at radius 3 is 2.82 bits per heavy atom. The van der Waals surface area contributed by atoms with Crippen LogP contribution in [0.2, 0.25) is 0 Å². The molecule has 0 aromatic heterocycles. The summed E-state index contributed by atoms with van der Waals surface area (Å²) in [5, 5.41) is 7.01. The predicted octanol–water partition coefficient (Wildman–Crippen LogP) is 2.57. The minimum atomic E-state index is -0.206. The van der Waals surface area contributed by atoms with Gasteiger partial charge in [-0.2, -0.15) is 5.10 Å². The molecule has 0 heterocycles. The van der Waals surface area contributed by atoms with Crippen molar-refractivity contribution in [3.05, 3.63) is 59.7 Å². The van der Waals surface area contributed by atoms with Gasteiger partial charge in [-0.05, 0) is 36.2 Å².